The third kappa shape index (κ3) is 12.9. The molecule has 1 aromatic carbocycles. The van der Waals surface area contributed by atoms with E-state index in [9.17, 15) is 33.6 Å². The molecule has 4 rings (SSSR count). The first kappa shape index (κ1) is 44.9. The van der Waals surface area contributed by atoms with Crippen molar-refractivity contribution in [2.45, 2.75) is 127 Å². The molecule has 1 aliphatic carbocycles. The van der Waals surface area contributed by atoms with Gasteiger partial charge in [-0.1, -0.05) is 76.8 Å². The summed E-state index contributed by atoms with van der Waals surface area (Å²) in [6.45, 7) is 10.7. The van der Waals surface area contributed by atoms with Crippen molar-refractivity contribution in [1.82, 2.24) is 26.2 Å². The van der Waals surface area contributed by atoms with Crippen LogP contribution in [0.5, 0.6) is 0 Å². The molecule has 2 saturated heterocycles. The largest absolute Gasteiger partial charge is 0.458 e. The van der Waals surface area contributed by atoms with Crippen LogP contribution in [0.15, 0.2) is 30.3 Å². The molecule has 1 saturated carbocycles. The highest BCUT2D eigenvalue weighted by Gasteiger charge is 2.53. The molecular formula is C40H59N5O9S2. The van der Waals surface area contributed by atoms with E-state index in [-0.39, 0.29) is 30.8 Å². The van der Waals surface area contributed by atoms with Gasteiger partial charge < -0.3 is 35.6 Å². The molecule has 56 heavy (non-hydrogen) atoms. The van der Waals surface area contributed by atoms with Gasteiger partial charge in [0.25, 0.3) is 5.91 Å². The maximum absolute atomic E-state index is 14.5. The van der Waals surface area contributed by atoms with Gasteiger partial charge >= 0.3 is 12.1 Å². The van der Waals surface area contributed by atoms with E-state index < -0.39 is 76.0 Å². The molecule has 5 amide bonds. The molecule has 16 heteroatoms. The predicted octanol–water partition coefficient (Wildman–Crippen LogP) is 4.26. The van der Waals surface area contributed by atoms with Gasteiger partial charge in [-0.05, 0) is 57.4 Å². The average Bonchev–Trinajstić information content (AvgIpc) is 3.79. The number of alkyl carbamates (subject to hydrolysis) is 1. The van der Waals surface area contributed by atoms with Crippen LogP contribution in [-0.2, 0) is 38.2 Å². The van der Waals surface area contributed by atoms with Crippen molar-refractivity contribution < 1.29 is 43.0 Å². The van der Waals surface area contributed by atoms with E-state index in [2.05, 4.69) is 21.3 Å². The van der Waals surface area contributed by atoms with E-state index in [0.29, 0.717) is 24.9 Å². The molecule has 1 aromatic rings. The highest BCUT2D eigenvalue weighted by atomic mass is 32.2. The summed E-state index contributed by atoms with van der Waals surface area (Å²) in [6, 6.07) is 4.32. The number of nitrogens with one attached hydrogen (secondary N) is 4. The Hall–Kier alpha value is -3.79. The molecule has 3 fully saturated rings. The van der Waals surface area contributed by atoms with Crippen molar-refractivity contribution >= 4 is 65.0 Å². The molecule has 2 heterocycles. The van der Waals surface area contributed by atoms with E-state index in [1.54, 1.807) is 79.5 Å². The molecule has 2 aliphatic heterocycles. The predicted molar refractivity (Wildman–Crippen MR) is 215 cm³/mol. The number of benzene rings is 1. The van der Waals surface area contributed by atoms with Gasteiger partial charge in [0.15, 0.2) is 6.04 Å². The van der Waals surface area contributed by atoms with Crippen molar-refractivity contribution in [2.75, 3.05) is 31.2 Å². The number of Topliss-reactive ketones (excluding diaryl/α,β-unsaturated/α-hetero) is 1. The van der Waals surface area contributed by atoms with Crippen LogP contribution in [0.2, 0.25) is 0 Å². The molecule has 0 radical (unpaired) electrons. The molecule has 0 bridgehead atoms. The number of ketones is 1. The maximum Gasteiger partial charge on any atom is 0.407 e. The standard InChI is InChI=1S/C40H59N5O9S2/c1-7-14-28(33(47)35(49)41-22-30(46)43-32(27-17-12-9-13-18-27)37(51)54-39(4,5)6)42-34(48)29-21-40(55-19-20-56-40)24-45(29)36(50)31(26-15-10-8-11-16-26)44-38(52)53-23-25(2)3/h9,12-13,17-18,25-26,28-29,31-32H,7-8,10-11,14-16,19-24H2,1-6H3,(H,41,49)(H,42,48)(H,43,46)(H,44,52). The zero-order valence-electron chi connectivity index (χ0n) is 33.5. The second-order valence-electron chi connectivity index (χ2n) is 16.1. The van der Waals surface area contributed by atoms with Crippen LogP contribution < -0.4 is 21.3 Å². The van der Waals surface area contributed by atoms with E-state index in [1.165, 1.54) is 0 Å². The zero-order chi connectivity index (χ0) is 41.0. The monoisotopic (exact) mass is 817 g/mol. The summed E-state index contributed by atoms with van der Waals surface area (Å²) < 4.78 is 10.5. The molecule has 0 aromatic heterocycles. The third-order valence-corrected chi connectivity index (χ3v) is 13.2. The van der Waals surface area contributed by atoms with Gasteiger partial charge in [-0.3, -0.25) is 24.0 Å². The lowest BCUT2D eigenvalue weighted by Gasteiger charge is -2.34. The van der Waals surface area contributed by atoms with Crippen molar-refractivity contribution in [1.29, 1.82) is 0 Å². The van der Waals surface area contributed by atoms with Crippen LogP contribution in [-0.4, -0.2) is 105 Å². The summed E-state index contributed by atoms with van der Waals surface area (Å²) in [7, 11) is 0. The molecule has 3 aliphatic rings. The van der Waals surface area contributed by atoms with Crippen LogP contribution in [0.4, 0.5) is 4.79 Å². The number of nitrogens with zero attached hydrogens (tertiary/aromatic N) is 1. The molecule has 4 N–H and O–H groups in total. The SMILES string of the molecule is CCCC(NC(=O)C1CC2(CN1C(=O)C(NC(=O)OCC(C)C)C1CCCCC1)SCCS2)C(=O)C(=O)NCC(=O)NC(C(=O)OC(C)(C)C)c1ccccc1. The number of likely N-dealkylation sites (tertiary alicyclic amines) is 1. The Morgan fingerprint density at radius 3 is 2.20 bits per heavy atom. The number of carbonyl (C=O) groups excluding carboxylic acids is 7. The van der Waals surface area contributed by atoms with Gasteiger partial charge in [0.2, 0.25) is 23.5 Å². The van der Waals surface area contributed by atoms with Gasteiger partial charge in [0.1, 0.15) is 17.7 Å². The Morgan fingerprint density at radius 1 is 0.929 bits per heavy atom. The number of rotatable bonds is 16. The zero-order valence-corrected chi connectivity index (χ0v) is 35.1. The Kier molecular flexibility index (Phi) is 16.5. The van der Waals surface area contributed by atoms with Gasteiger partial charge in [-0.25, -0.2) is 9.59 Å². The van der Waals surface area contributed by atoms with Crippen LogP contribution in [0.3, 0.4) is 0 Å². The van der Waals surface area contributed by atoms with E-state index in [1.807, 2.05) is 20.8 Å². The fraction of sp³-hybridized carbons (Fsp3) is 0.675. The number of ether oxygens (including phenoxy) is 2. The quantitative estimate of drug-likeness (QED) is 0.138. The van der Waals surface area contributed by atoms with Crippen molar-refractivity contribution in [3.63, 3.8) is 0 Å². The second kappa shape index (κ2) is 20.6. The Balaban J connectivity index is 1.45. The van der Waals surface area contributed by atoms with Crippen molar-refractivity contribution in [3.8, 4) is 0 Å². The van der Waals surface area contributed by atoms with Crippen LogP contribution in [0.25, 0.3) is 0 Å². The third-order valence-electron chi connectivity index (χ3n) is 9.82. The first-order chi connectivity index (χ1) is 26.5. The van der Waals surface area contributed by atoms with Crippen LogP contribution in [0, 0.1) is 11.8 Å². The number of thioether (sulfide) groups is 2. The summed E-state index contributed by atoms with van der Waals surface area (Å²) in [5, 5.41) is 10.5. The van der Waals surface area contributed by atoms with E-state index in [4.69, 9.17) is 9.47 Å². The smallest absolute Gasteiger partial charge is 0.407 e. The van der Waals surface area contributed by atoms with Crippen molar-refractivity contribution in [2.24, 2.45) is 11.8 Å². The molecule has 310 valence electrons. The number of esters is 1. The molecule has 4 atom stereocenters. The number of hydrogen-bond acceptors (Lipinski definition) is 11. The summed E-state index contributed by atoms with van der Waals surface area (Å²) in [5.74, 6) is -2.63. The first-order valence-electron chi connectivity index (χ1n) is 19.7. The summed E-state index contributed by atoms with van der Waals surface area (Å²) in [4.78, 5) is 95.9. The minimum atomic E-state index is -1.22. The minimum absolute atomic E-state index is 0.113. The summed E-state index contributed by atoms with van der Waals surface area (Å²) in [6.07, 6.45) is 4.69. The fourth-order valence-electron chi connectivity index (χ4n) is 7.18. The first-order valence-corrected chi connectivity index (χ1v) is 21.7. The fourth-order valence-corrected chi connectivity index (χ4v) is 10.4. The van der Waals surface area contributed by atoms with E-state index >= 15 is 0 Å². The number of hydrogen-bond donors (Lipinski definition) is 4. The Labute approximate surface area is 338 Å². The van der Waals surface area contributed by atoms with Gasteiger partial charge in [0, 0.05) is 24.5 Å². The summed E-state index contributed by atoms with van der Waals surface area (Å²) >= 11 is 3.41. The van der Waals surface area contributed by atoms with E-state index in [0.717, 1.165) is 43.6 Å². The molecule has 14 nitrogen and oxygen atoms in total. The highest BCUT2D eigenvalue weighted by Crippen LogP contribution is 2.52. The second-order valence-corrected chi connectivity index (χ2v) is 19.4. The Bertz CT molecular complexity index is 1560. The lowest BCUT2D eigenvalue weighted by Crippen LogP contribution is -2.58. The van der Waals surface area contributed by atoms with Gasteiger partial charge in [0.05, 0.1) is 23.3 Å². The minimum Gasteiger partial charge on any atom is -0.458 e. The Morgan fingerprint density at radius 2 is 1.59 bits per heavy atom. The van der Waals surface area contributed by atoms with Gasteiger partial charge in [-0.2, -0.15) is 0 Å². The molecule has 4 unspecified atom stereocenters. The van der Waals surface area contributed by atoms with Crippen LogP contribution in [0.1, 0.15) is 105 Å². The van der Waals surface area contributed by atoms with Crippen molar-refractivity contribution in [3.05, 3.63) is 35.9 Å². The summed E-state index contributed by atoms with van der Waals surface area (Å²) in [5.41, 5.74) is -0.340. The average molecular weight is 818 g/mol. The highest BCUT2D eigenvalue weighted by molar-refractivity contribution is 8.21. The number of carbonyl (C=O) groups is 7. The lowest BCUT2D eigenvalue weighted by molar-refractivity contribution is -0.158. The normalized spacial score (nSPS) is 19.8. The number of amides is 5. The van der Waals surface area contributed by atoms with Gasteiger partial charge in [-0.15, -0.1) is 23.5 Å². The lowest BCUT2D eigenvalue weighted by atomic mass is 9.83. The maximum atomic E-state index is 14.5. The topological polar surface area (TPSA) is 189 Å². The molecular weight excluding hydrogens is 759 g/mol. The van der Waals surface area contributed by atoms with Crippen LogP contribution >= 0.6 is 23.5 Å². The molecule has 1 spiro atoms.